The minimum absolute atomic E-state index is 0.0209. The van der Waals surface area contributed by atoms with Crippen LogP contribution in [0.3, 0.4) is 0 Å². The van der Waals surface area contributed by atoms with Crippen molar-refractivity contribution in [3.63, 3.8) is 0 Å². The molecule has 0 atom stereocenters. The lowest BCUT2D eigenvalue weighted by atomic mass is 10.1. The van der Waals surface area contributed by atoms with Gasteiger partial charge in [-0.3, -0.25) is 14.6 Å². The van der Waals surface area contributed by atoms with Crippen LogP contribution in [0.1, 0.15) is 20.8 Å². The third-order valence-corrected chi connectivity index (χ3v) is 4.49. The second-order valence-electron chi connectivity index (χ2n) is 6.59. The lowest BCUT2D eigenvalue weighted by Gasteiger charge is -2.27. The lowest BCUT2D eigenvalue weighted by Crippen LogP contribution is -2.48. The molecule has 4 rings (SSSR count). The summed E-state index contributed by atoms with van der Waals surface area (Å²) < 4.78 is 33.1. The van der Waals surface area contributed by atoms with Gasteiger partial charge in [0.15, 0.2) is 0 Å². The van der Waals surface area contributed by atoms with Gasteiger partial charge in [-0.2, -0.15) is 0 Å². The Bertz CT molecular complexity index is 1100. The Kier molecular flexibility index (Phi) is 5.44. The summed E-state index contributed by atoms with van der Waals surface area (Å²) in [6, 6.07) is 9.14. The summed E-state index contributed by atoms with van der Waals surface area (Å²) in [5.41, 5.74) is -0.00692. The summed E-state index contributed by atoms with van der Waals surface area (Å²) >= 11 is 0. The number of anilines is 1. The number of carbonyl (C=O) groups excluding carboxylic acids is 2. The molecule has 1 saturated heterocycles. The van der Waals surface area contributed by atoms with Gasteiger partial charge >= 0.3 is 0 Å². The summed E-state index contributed by atoms with van der Waals surface area (Å²) in [7, 11) is 0. The Morgan fingerprint density at radius 1 is 1.00 bits per heavy atom. The highest BCUT2D eigenvalue weighted by Crippen LogP contribution is 2.24. The third-order valence-electron chi connectivity index (χ3n) is 4.49. The fourth-order valence-electron chi connectivity index (χ4n) is 2.90. The Labute approximate surface area is 170 Å². The van der Waals surface area contributed by atoms with Crippen LogP contribution in [-0.4, -0.2) is 41.0 Å². The molecule has 1 aromatic carbocycles. The molecule has 0 bridgehead atoms. The first-order chi connectivity index (χ1) is 14.5. The van der Waals surface area contributed by atoms with Crippen LogP contribution in [0, 0.1) is 11.6 Å². The van der Waals surface area contributed by atoms with Gasteiger partial charge in [0.1, 0.15) is 17.3 Å². The number of nitrogens with zero attached hydrogens (tertiary/aromatic N) is 2. The molecule has 2 amide bonds. The molecule has 2 N–H and O–H groups in total. The number of pyridine rings is 2. The number of halogens is 2. The molecule has 1 aliphatic heterocycles. The zero-order chi connectivity index (χ0) is 21.1. The zero-order valence-corrected chi connectivity index (χ0v) is 15.6. The van der Waals surface area contributed by atoms with E-state index in [2.05, 4.69) is 20.6 Å². The fraction of sp³-hybridized carbons (Fsp3) is 0.143. The van der Waals surface area contributed by atoms with Crippen molar-refractivity contribution in [3.05, 3.63) is 77.8 Å². The fourth-order valence-corrected chi connectivity index (χ4v) is 2.90. The maximum Gasteiger partial charge on any atom is 0.274 e. The van der Waals surface area contributed by atoms with E-state index in [1.54, 1.807) is 0 Å². The van der Waals surface area contributed by atoms with Crippen LogP contribution in [0.5, 0.6) is 0 Å². The van der Waals surface area contributed by atoms with E-state index in [1.165, 1.54) is 42.7 Å². The lowest BCUT2D eigenvalue weighted by molar-refractivity contribution is -0.00344. The van der Waals surface area contributed by atoms with Gasteiger partial charge in [0, 0.05) is 6.20 Å². The van der Waals surface area contributed by atoms with E-state index in [4.69, 9.17) is 4.74 Å². The molecule has 0 saturated carbocycles. The minimum Gasteiger partial charge on any atom is -0.377 e. The first-order valence-electron chi connectivity index (χ1n) is 9.08. The molecule has 0 spiro atoms. The Balaban J connectivity index is 1.57. The molecule has 9 heteroatoms. The van der Waals surface area contributed by atoms with Crippen molar-refractivity contribution in [2.45, 2.75) is 6.04 Å². The number of carbonyl (C=O) groups is 2. The maximum absolute atomic E-state index is 14.1. The van der Waals surface area contributed by atoms with Crippen molar-refractivity contribution in [1.82, 2.24) is 15.3 Å². The average Bonchev–Trinajstić information content (AvgIpc) is 2.71. The molecule has 1 fully saturated rings. The number of amides is 2. The van der Waals surface area contributed by atoms with Gasteiger partial charge in [0.2, 0.25) is 0 Å². The number of ether oxygens (including phenoxy) is 1. The van der Waals surface area contributed by atoms with Crippen LogP contribution >= 0.6 is 0 Å². The van der Waals surface area contributed by atoms with Gasteiger partial charge in [-0.05, 0) is 30.3 Å². The molecule has 7 nitrogen and oxygen atoms in total. The molecule has 152 valence electrons. The standard InChI is InChI=1S/C21H16F2N4O3/c22-14-3-1-4-15(23)19(14)16-5-2-6-17(26-16)21(29)27-18-9-24-8-7-13(18)20(28)25-12-10-30-11-12/h1-9,12H,10-11H2,(H,25,28)(H,27,29). The number of benzene rings is 1. The molecule has 0 radical (unpaired) electrons. The Morgan fingerprint density at radius 2 is 1.73 bits per heavy atom. The van der Waals surface area contributed by atoms with E-state index in [-0.39, 0.29) is 40.2 Å². The molecule has 0 unspecified atom stereocenters. The monoisotopic (exact) mass is 410 g/mol. The minimum atomic E-state index is -0.786. The Morgan fingerprint density at radius 3 is 2.43 bits per heavy atom. The number of hydrogen-bond donors (Lipinski definition) is 2. The van der Waals surface area contributed by atoms with Crippen LogP contribution in [0.15, 0.2) is 54.9 Å². The quantitative estimate of drug-likeness (QED) is 0.675. The smallest absolute Gasteiger partial charge is 0.274 e. The van der Waals surface area contributed by atoms with Crippen LogP contribution in [0.4, 0.5) is 14.5 Å². The van der Waals surface area contributed by atoms with Gasteiger partial charge in [-0.1, -0.05) is 12.1 Å². The zero-order valence-electron chi connectivity index (χ0n) is 15.6. The number of aromatic nitrogens is 2. The van der Waals surface area contributed by atoms with Gasteiger partial charge < -0.3 is 15.4 Å². The highest BCUT2D eigenvalue weighted by atomic mass is 19.1. The molecule has 1 aliphatic rings. The number of rotatable bonds is 5. The van der Waals surface area contributed by atoms with Crippen molar-refractivity contribution in [2.24, 2.45) is 0 Å². The number of nitrogens with one attached hydrogen (secondary N) is 2. The molecule has 30 heavy (non-hydrogen) atoms. The van der Waals surface area contributed by atoms with Crippen molar-refractivity contribution in [1.29, 1.82) is 0 Å². The van der Waals surface area contributed by atoms with Gasteiger partial charge in [-0.15, -0.1) is 0 Å². The van der Waals surface area contributed by atoms with E-state index in [0.29, 0.717) is 13.2 Å². The predicted molar refractivity (Wildman–Crippen MR) is 104 cm³/mol. The molecular weight excluding hydrogens is 394 g/mol. The van der Waals surface area contributed by atoms with E-state index in [9.17, 15) is 18.4 Å². The van der Waals surface area contributed by atoms with Gasteiger partial charge in [0.25, 0.3) is 11.8 Å². The van der Waals surface area contributed by atoms with Gasteiger partial charge in [0.05, 0.1) is 48.0 Å². The summed E-state index contributed by atoms with van der Waals surface area (Å²) in [5, 5.41) is 5.37. The first-order valence-corrected chi connectivity index (χ1v) is 9.08. The molecule has 2 aromatic heterocycles. The normalized spacial score (nSPS) is 13.4. The average molecular weight is 410 g/mol. The molecule has 3 heterocycles. The van der Waals surface area contributed by atoms with Crippen LogP contribution < -0.4 is 10.6 Å². The van der Waals surface area contributed by atoms with Gasteiger partial charge in [-0.25, -0.2) is 13.8 Å². The summed E-state index contributed by atoms with van der Waals surface area (Å²) in [5.74, 6) is -2.60. The van der Waals surface area contributed by atoms with E-state index >= 15 is 0 Å². The summed E-state index contributed by atoms with van der Waals surface area (Å²) in [6.45, 7) is 0.865. The second-order valence-corrected chi connectivity index (χ2v) is 6.59. The highest BCUT2D eigenvalue weighted by Gasteiger charge is 2.23. The van der Waals surface area contributed by atoms with Crippen LogP contribution in [0.2, 0.25) is 0 Å². The predicted octanol–water partition coefficient (Wildman–Crippen LogP) is 2.80. The van der Waals surface area contributed by atoms with Crippen molar-refractivity contribution in [3.8, 4) is 11.3 Å². The van der Waals surface area contributed by atoms with Crippen LogP contribution in [-0.2, 0) is 4.74 Å². The molecule has 0 aliphatic carbocycles. The van der Waals surface area contributed by atoms with Crippen molar-refractivity contribution >= 4 is 17.5 Å². The van der Waals surface area contributed by atoms with Crippen molar-refractivity contribution < 1.29 is 23.1 Å². The first kappa shape index (κ1) is 19.6. The van der Waals surface area contributed by atoms with E-state index in [0.717, 1.165) is 12.1 Å². The van der Waals surface area contributed by atoms with E-state index < -0.39 is 17.5 Å². The maximum atomic E-state index is 14.1. The highest BCUT2D eigenvalue weighted by molar-refractivity contribution is 6.08. The second kappa shape index (κ2) is 8.34. The summed E-state index contributed by atoms with van der Waals surface area (Å²) in [6.07, 6.45) is 2.77. The SMILES string of the molecule is O=C(Nc1cnccc1C(=O)NC1COC1)c1cccc(-c2c(F)cccc2F)n1. The topological polar surface area (TPSA) is 93.2 Å². The molecule has 3 aromatic rings. The third kappa shape index (κ3) is 4.01. The van der Waals surface area contributed by atoms with E-state index in [1.807, 2.05) is 0 Å². The van der Waals surface area contributed by atoms with Crippen LogP contribution in [0.25, 0.3) is 11.3 Å². The summed E-state index contributed by atoms with van der Waals surface area (Å²) in [4.78, 5) is 33.2. The van der Waals surface area contributed by atoms with Crippen molar-refractivity contribution in [2.75, 3.05) is 18.5 Å². The largest absolute Gasteiger partial charge is 0.377 e. The molecular formula is C21H16F2N4O3. The Hall–Kier alpha value is -3.72. The number of hydrogen-bond acceptors (Lipinski definition) is 5.